The van der Waals surface area contributed by atoms with Gasteiger partial charge in [-0.3, -0.25) is 14.5 Å². The number of rotatable bonds is 9. The number of nitrogens with zero attached hydrogens (tertiary/aromatic N) is 3. The lowest BCUT2D eigenvalue weighted by Gasteiger charge is -2.34. The number of carbonyl (C=O) groups is 2. The Morgan fingerprint density at radius 3 is 2.63 bits per heavy atom. The van der Waals surface area contributed by atoms with Crippen LogP contribution in [0.15, 0.2) is 34.9 Å². The van der Waals surface area contributed by atoms with Crippen molar-refractivity contribution in [3.05, 3.63) is 42.2 Å². The molecule has 1 fully saturated rings. The maximum absolute atomic E-state index is 13.0. The number of methoxy groups -OCH3 is 1. The van der Waals surface area contributed by atoms with E-state index in [1.807, 2.05) is 9.80 Å². The van der Waals surface area contributed by atoms with Gasteiger partial charge in [0.15, 0.2) is 11.7 Å². The molecule has 9 heteroatoms. The molecule has 0 aliphatic carbocycles. The number of carbonyl (C=O) groups excluding carboxylic acids is 2. The van der Waals surface area contributed by atoms with Crippen LogP contribution in [0.3, 0.4) is 0 Å². The van der Waals surface area contributed by atoms with Gasteiger partial charge < -0.3 is 19.4 Å². The number of amides is 2. The van der Waals surface area contributed by atoms with Crippen molar-refractivity contribution >= 4 is 11.8 Å². The summed E-state index contributed by atoms with van der Waals surface area (Å²) in [7, 11) is 1.59. The fourth-order valence-electron chi connectivity index (χ4n) is 3.25. The number of aromatic nitrogens is 1. The predicted octanol–water partition coefficient (Wildman–Crippen LogP) is 1.32. The molecule has 1 aliphatic heterocycles. The molecule has 2 aromatic rings. The van der Waals surface area contributed by atoms with Crippen molar-refractivity contribution in [1.29, 1.82) is 0 Å². The number of hydrogen-bond donors (Lipinski definition) is 1. The Morgan fingerprint density at radius 1 is 1.20 bits per heavy atom. The SMILES string of the molecule is COCCNC(=O)CN1CCN(C(=O)CCc2ncc(-c3ccc(F)cc3)o2)CC1. The zero-order valence-electron chi connectivity index (χ0n) is 17.1. The number of ether oxygens (including phenoxy) is 1. The van der Waals surface area contributed by atoms with E-state index in [0.29, 0.717) is 70.4 Å². The van der Waals surface area contributed by atoms with Gasteiger partial charge in [0.2, 0.25) is 11.8 Å². The highest BCUT2D eigenvalue weighted by Gasteiger charge is 2.22. The van der Waals surface area contributed by atoms with Crippen LogP contribution >= 0.6 is 0 Å². The molecule has 30 heavy (non-hydrogen) atoms. The van der Waals surface area contributed by atoms with Crippen LogP contribution in [0.4, 0.5) is 4.39 Å². The first-order chi connectivity index (χ1) is 14.5. The number of nitrogens with one attached hydrogen (secondary N) is 1. The predicted molar refractivity (Wildman–Crippen MR) is 108 cm³/mol. The summed E-state index contributed by atoms with van der Waals surface area (Å²) in [6, 6.07) is 5.98. The molecule has 1 aromatic heterocycles. The summed E-state index contributed by atoms with van der Waals surface area (Å²) < 4.78 is 23.6. The van der Waals surface area contributed by atoms with Crippen molar-refractivity contribution in [3.63, 3.8) is 0 Å². The van der Waals surface area contributed by atoms with Crippen molar-refractivity contribution in [1.82, 2.24) is 20.1 Å². The van der Waals surface area contributed by atoms with E-state index in [2.05, 4.69) is 10.3 Å². The van der Waals surface area contributed by atoms with Crippen LogP contribution in [0.5, 0.6) is 0 Å². The number of halogens is 1. The van der Waals surface area contributed by atoms with Gasteiger partial charge in [-0.25, -0.2) is 9.37 Å². The highest BCUT2D eigenvalue weighted by molar-refractivity contribution is 5.78. The Labute approximate surface area is 175 Å². The van der Waals surface area contributed by atoms with E-state index >= 15 is 0 Å². The van der Waals surface area contributed by atoms with Crippen LogP contribution in [0.2, 0.25) is 0 Å². The van der Waals surface area contributed by atoms with Gasteiger partial charge >= 0.3 is 0 Å². The Balaban J connectivity index is 1.39. The standard InChI is InChI=1S/C21H27FN4O4/c1-29-13-8-23-19(27)15-25-9-11-26(12-10-25)21(28)7-6-20-24-14-18(30-20)16-2-4-17(22)5-3-16/h2-5,14H,6-13,15H2,1H3,(H,23,27). The number of aryl methyl sites for hydroxylation is 1. The first-order valence-corrected chi connectivity index (χ1v) is 10.0. The van der Waals surface area contributed by atoms with Gasteiger partial charge in [-0.15, -0.1) is 0 Å². The smallest absolute Gasteiger partial charge is 0.234 e. The van der Waals surface area contributed by atoms with Crippen LogP contribution < -0.4 is 5.32 Å². The minimum absolute atomic E-state index is 0.0346. The molecule has 0 unspecified atom stereocenters. The third-order valence-corrected chi connectivity index (χ3v) is 4.96. The van der Waals surface area contributed by atoms with Gasteiger partial charge in [-0.2, -0.15) is 0 Å². The highest BCUT2D eigenvalue weighted by atomic mass is 19.1. The molecular formula is C21H27FN4O4. The van der Waals surface area contributed by atoms with Gasteiger partial charge in [0.05, 0.1) is 19.3 Å². The van der Waals surface area contributed by atoms with Crippen molar-refractivity contribution in [2.45, 2.75) is 12.8 Å². The number of hydrogen-bond acceptors (Lipinski definition) is 6. The molecule has 2 amide bonds. The second-order valence-electron chi connectivity index (χ2n) is 7.12. The highest BCUT2D eigenvalue weighted by Crippen LogP contribution is 2.21. The summed E-state index contributed by atoms with van der Waals surface area (Å²) in [5.74, 6) is 0.730. The lowest BCUT2D eigenvalue weighted by Crippen LogP contribution is -2.51. The summed E-state index contributed by atoms with van der Waals surface area (Å²) in [6.45, 7) is 3.83. The largest absolute Gasteiger partial charge is 0.441 e. The lowest BCUT2D eigenvalue weighted by atomic mass is 10.2. The van der Waals surface area contributed by atoms with Crippen LogP contribution in [-0.4, -0.2) is 79.6 Å². The molecule has 1 N–H and O–H groups in total. The van der Waals surface area contributed by atoms with E-state index in [4.69, 9.17) is 9.15 Å². The fourth-order valence-corrected chi connectivity index (χ4v) is 3.25. The van der Waals surface area contributed by atoms with Crippen LogP contribution in [0, 0.1) is 5.82 Å². The number of oxazole rings is 1. The molecule has 3 rings (SSSR count). The molecular weight excluding hydrogens is 391 g/mol. The maximum Gasteiger partial charge on any atom is 0.234 e. The Morgan fingerprint density at radius 2 is 1.93 bits per heavy atom. The zero-order valence-corrected chi connectivity index (χ0v) is 17.1. The Hall–Kier alpha value is -2.78. The second kappa shape index (κ2) is 10.8. The number of piperazine rings is 1. The van der Waals surface area contributed by atoms with Gasteiger partial charge in [0, 0.05) is 58.2 Å². The normalized spacial score (nSPS) is 14.7. The third kappa shape index (κ3) is 6.36. The Kier molecular flexibility index (Phi) is 7.92. The second-order valence-corrected chi connectivity index (χ2v) is 7.12. The van der Waals surface area contributed by atoms with E-state index in [0.717, 1.165) is 5.56 Å². The van der Waals surface area contributed by atoms with E-state index in [-0.39, 0.29) is 17.6 Å². The molecule has 162 valence electrons. The zero-order chi connectivity index (χ0) is 21.3. The van der Waals surface area contributed by atoms with Crippen LogP contribution in [0.1, 0.15) is 12.3 Å². The fraction of sp³-hybridized carbons (Fsp3) is 0.476. The molecule has 0 spiro atoms. The van der Waals surface area contributed by atoms with Crippen LogP contribution in [-0.2, 0) is 20.7 Å². The van der Waals surface area contributed by atoms with Gasteiger partial charge in [-0.1, -0.05) is 0 Å². The summed E-state index contributed by atoms with van der Waals surface area (Å²) in [4.78, 5) is 32.4. The first-order valence-electron chi connectivity index (χ1n) is 10.0. The minimum Gasteiger partial charge on any atom is -0.441 e. The van der Waals surface area contributed by atoms with Gasteiger partial charge in [0.25, 0.3) is 0 Å². The van der Waals surface area contributed by atoms with E-state index < -0.39 is 0 Å². The van der Waals surface area contributed by atoms with E-state index in [9.17, 15) is 14.0 Å². The van der Waals surface area contributed by atoms with Crippen molar-refractivity contribution < 1.29 is 23.1 Å². The molecule has 2 heterocycles. The summed E-state index contributed by atoms with van der Waals surface area (Å²) >= 11 is 0. The Bertz CT molecular complexity index is 832. The monoisotopic (exact) mass is 418 g/mol. The average molecular weight is 418 g/mol. The van der Waals surface area contributed by atoms with Crippen molar-refractivity contribution in [3.8, 4) is 11.3 Å². The molecule has 1 saturated heterocycles. The van der Waals surface area contributed by atoms with Crippen LogP contribution in [0.25, 0.3) is 11.3 Å². The molecule has 0 radical (unpaired) electrons. The maximum atomic E-state index is 13.0. The molecule has 0 bridgehead atoms. The third-order valence-electron chi connectivity index (χ3n) is 4.96. The molecule has 0 saturated carbocycles. The molecule has 8 nitrogen and oxygen atoms in total. The van der Waals surface area contributed by atoms with Crippen molar-refractivity contribution in [2.75, 3.05) is 53.0 Å². The van der Waals surface area contributed by atoms with E-state index in [1.54, 1.807) is 25.4 Å². The summed E-state index contributed by atoms with van der Waals surface area (Å²) in [5.41, 5.74) is 0.740. The number of benzene rings is 1. The quantitative estimate of drug-likeness (QED) is 0.618. The minimum atomic E-state index is -0.309. The van der Waals surface area contributed by atoms with Gasteiger partial charge in [0.1, 0.15) is 5.82 Å². The lowest BCUT2D eigenvalue weighted by molar-refractivity contribution is -0.133. The molecule has 0 atom stereocenters. The average Bonchev–Trinajstić information content (AvgIpc) is 3.22. The topological polar surface area (TPSA) is 87.9 Å². The summed E-state index contributed by atoms with van der Waals surface area (Å²) in [6.07, 6.45) is 2.30. The van der Waals surface area contributed by atoms with Crippen molar-refractivity contribution in [2.24, 2.45) is 0 Å². The van der Waals surface area contributed by atoms with E-state index in [1.165, 1.54) is 12.1 Å². The van der Waals surface area contributed by atoms with Gasteiger partial charge in [-0.05, 0) is 24.3 Å². The summed E-state index contributed by atoms with van der Waals surface area (Å²) in [5, 5.41) is 2.80. The molecule has 1 aliphatic rings. The first kappa shape index (κ1) is 21.9. The molecule has 1 aromatic carbocycles.